The predicted molar refractivity (Wildman–Crippen MR) is 64.0 cm³/mol. The molecular formula is C12H11NO2S. The quantitative estimate of drug-likeness (QED) is 0.796. The average molecular weight is 233 g/mol. The zero-order chi connectivity index (χ0) is 11.3. The van der Waals surface area contributed by atoms with Crippen molar-refractivity contribution in [2.45, 2.75) is 23.0 Å². The van der Waals surface area contributed by atoms with Gasteiger partial charge in [0, 0.05) is 27.9 Å². The van der Waals surface area contributed by atoms with Gasteiger partial charge in [-0.25, -0.2) is 0 Å². The summed E-state index contributed by atoms with van der Waals surface area (Å²) in [6.07, 6.45) is 1.94. The van der Waals surface area contributed by atoms with Crippen LogP contribution in [0, 0.1) is 0 Å². The van der Waals surface area contributed by atoms with Gasteiger partial charge in [-0.2, -0.15) is 0 Å². The van der Waals surface area contributed by atoms with Crippen LogP contribution in [0.3, 0.4) is 0 Å². The molecular weight excluding hydrogens is 222 g/mol. The fraction of sp³-hybridized carbons (Fsp3) is 0.250. The van der Waals surface area contributed by atoms with Crippen molar-refractivity contribution in [3.8, 4) is 0 Å². The summed E-state index contributed by atoms with van der Waals surface area (Å²) in [5, 5.41) is 10.0. The zero-order valence-electron chi connectivity index (χ0n) is 8.73. The third kappa shape index (κ3) is 1.19. The standard InChI is InChI=1S/C12H11NO2S/c1-6-7-5-13-8-3-2-4-9(10(7)8)16-11(6)12(14)15/h2-6,11,13H,1H3,(H,14,15)/t6-,11+/m1/s1. The van der Waals surface area contributed by atoms with Gasteiger partial charge in [0.05, 0.1) is 0 Å². The number of aliphatic carboxylic acids is 1. The monoisotopic (exact) mass is 233 g/mol. The molecule has 0 fully saturated rings. The lowest BCUT2D eigenvalue weighted by Crippen LogP contribution is -2.24. The second-order valence-corrected chi connectivity index (χ2v) is 5.27. The molecule has 0 amide bonds. The molecule has 1 aromatic carbocycles. The number of aromatic nitrogens is 1. The lowest BCUT2D eigenvalue weighted by Gasteiger charge is -2.25. The van der Waals surface area contributed by atoms with Gasteiger partial charge in [-0.1, -0.05) is 13.0 Å². The Balaban J connectivity index is 2.25. The SMILES string of the molecule is C[C@@H]1c2c[nH]c3cccc(c23)S[C@@H]1C(=O)O. The number of carbonyl (C=O) groups is 1. The number of rotatable bonds is 1. The average Bonchev–Trinajstić information content (AvgIpc) is 2.68. The lowest BCUT2D eigenvalue weighted by molar-refractivity contribution is -0.136. The highest BCUT2D eigenvalue weighted by Gasteiger charge is 2.33. The molecule has 0 saturated heterocycles. The fourth-order valence-corrected chi connectivity index (χ4v) is 3.53. The Labute approximate surface area is 96.9 Å². The van der Waals surface area contributed by atoms with Gasteiger partial charge in [0.2, 0.25) is 0 Å². The summed E-state index contributed by atoms with van der Waals surface area (Å²) < 4.78 is 0. The number of aromatic amines is 1. The molecule has 1 aromatic heterocycles. The van der Waals surface area contributed by atoms with Crippen molar-refractivity contribution in [1.82, 2.24) is 4.98 Å². The molecule has 0 saturated carbocycles. The van der Waals surface area contributed by atoms with E-state index >= 15 is 0 Å². The van der Waals surface area contributed by atoms with Crippen molar-refractivity contribution in [3.63, 3.8) is 0 Å². The van der Waals surface area contributed by atoms with Gasteiger partial charge in [0.1, 0.15) is 5.25 Å². The smallest absolute Gasteiger partial charge is 0.317 e. The topological polar surface area (TPSA) is 53.1 Å². The molecule has 2 aromatic rings. The summed E-state index contributed by atoms with van der Waals surface area (Å²) in [5.41, 5.74) is 2.22. The van der Waals surface area contributed by atoms with Crippen LogP contribution in [0.4, 0.5) is 0 Å². The van der Waals surface area contributed by atoms with Crippen molar-refractivity contribution >= 4 is 28.6 Å². The van der Waals surface area contributed by atoms with E-state index in [2.05, 4.69) is 4.98 Å². The molecule has 3 rings (SSSR count). The second-order valence-electron chi connectivity index (χ2n) is 4.09. The molecule has 1 aliphatic rings. The van der Waals surface area contributed by atoms with Crippen LogP contribution in [0.15, 0.2) is 29.3 Å². The Morgan fingerprint density at radius 3 is 3.06 bits per heavy atom. The number of benzene rings is 1. The minimum Gasteiger partial charge on any atom is -0.480 e. The van der Waals surface area contributed by atoms with Crippen molar-refractivity contribution in [2.75, 3.05) is 0 Å². The van der Waals surface area contributed by atoms with Crippen LogP contribution in [0.5, 0.6) is 0 Å². The summed E-state index contributed by atoms with van der Waals surface area (Å²) in [4.78, 5) is 15.5. The van der Waals surface area contributed by atoms with E-state index in [9.17, 15) is 9.90 Å². The zero-order valence-corrected chi connectivity index (χ0v) is 9.54. The van der Waals surface area contributed by atoms with Crippen molar-refractivity contribution in [3.05, 3.63) is 30.0 Å². The fourth-order valence-electron chi connectivity index (χ4n) is 2.30. The van der Waals surface area contributed by atoms with Crippen LogP contribution in [-0.4, -0.2) is 21.3 Å². The highest BCUT2D eigenvalue weighted by Crippen LogP contribution is 2.45. The first-order valence-corrected chi connectivity index (χ1v) is 6.06. The number of thioether (sulfide) groups is 1. The van der Waals surface area contributed by atoms with Gasteiger partial charge < -0.3 is 10.1 Å². The Bertz CT molecular complexity index is 575. The van der Waals surface area contributed by atoms with E-state index in [4.69, 9.17) is 0 Å². The van der Waals surface area contributed by atoms with Gasteiger partial charge >= 0.3 is 5.97 Å². The molecule has 2 heterocycles. The number of hydrogen-bond acceptors (Lipinski definition) is 2. The molecule has 3 nitrogen and oxygen atoms in total. The van der Waals surface area contributed by atoms with Crippen LogP contribution >= 0.6 is 11.8 Å². The van der Waals surface area contributed by atoms with Crippen LogP contribution in [0.25, 0.3) is 10.9 Å². The number of nitrogens with one attached hydrogen (secondary N) is 1. The van der Waals surface area contributed by atoms with E-state index in [0.29, 0.717) is 0 Å². The van der Waals surface area contributed by atoms with E-state index in [-0.39, 0.29) is 11.2 Å². The largest absolute Gasteiger partial charge is 0.480 e. The maximum atomic E-state index is 11.2. The lowest BCUT2D eigenvalue weighted by atomic mass is 9.96. The number of carboxylic acids is 1. The van der Waals surface area contributed by atoms with Crippen LogP contribution < -0.4 is 0 Å². The van der Waals surface area contributed by atoms with Gasteiger partial charge in [-0.3, -0.25) is 4.79 Å². The molecule has 1 aliphatic heterocycles. The third-order valence-corrected chi connectivity index (χ3v) is 4.60. The van der Waals surface area contributed by atoms with Gasteiger partial charge in [0.25, 0.3) is 0 Å². The normalized spacial score (nSPS) is 23.6. The molecule has 0 bridgehead atoms. The van der Waals surface area contributed by atoms with E-state index in [1.807, 2.05) is 31.3 Å². The number of H-pyrrole nitrogens is 1. The van der Waals surface area contributed by atoms with E-state index in [1.165, 1.54) is 17.1 Å². The number of hydrogen-bond donors (Lipinski definition) is 2. The number of carboxylic acid groups (broad SMARTS) is 1. The molecule has 0 spiro atoms. The molecule has 0 unspecified atom stereocenters. The Morgan fingerprint density at radius 1 is 1.50 bits per heavy atom. The molecule has 82 valence electrons. The second kappa shape index (κ2) is 3.28. The van der Waals surface area contributed by atoms with E-state index in [0.717, 1.165) is 16.0 Å². The Morgan fingerprint density at radius 2 is 2.31 bits per heavy atom. The Kier molecular flexibility index (Phi) is 2.01. The maximum Gasteiger partial charge on any atom is 0.317 e. The molecule has 0 aliphatic carbocycles. The summed E-state index contributed by atoms with van der Waals surface area (Å²) in [5.74, 6) is -0.687. The van der Waals surface area contributed by atoms with Gasteiger partial charge in [-0.05, 0) is 17.7 Å². The van der Waals surface area contributed by atoms with Gasteiger partial charge in [0.15, 0.2) is 0 Å². The minimum absolute atomic E-state index is 0.0474. The summed E-state index contributed by atoms with van der Waals surface area (Å²) in [7, 11) is 0. The van der Waals surface area contributed by atoms with E-state index < -0.39 is 5.97 Å². The van der Waals surface area contributed by atoms with Crippen LogP contribution in [0.1, 0.15) is 18.4 Å². The summed E-state index contributed by atoms with van der Waals surface area (Å²) in [6.45, 7) is 1.98. The van der Waals surface area contributed by atoms with Crippen LogP contribution in [0.2, 0.25) is 0 Å². The first-order valence-electron chi connectivity index (χ1n) is 5.18. The molecule has 16 heavy (non-hydrogen) atoms. The van der Waals surface area contributed by atoms with Gasteiger partial charge in [-0.15, -0.1) is 11.8 Å². The van der Waals surface area contributed by atoms with Crippen molar-refractivity contribution in [1.29, 1.82) is 0 Å². The predicted octanol–water partition coefficient (Wildman–Crippen LogP) is 2.83. The first kappa shape index (κ1) is 9.78. The summed E-state index contributed by atoms with van der Waals surface area (Å²) >= 11 is 1.45. The first-order chi connectivity index (χ1) is 7.68. The maximum absolute atomic E-state index is 11.2. The van der Waals surface area contributed by atoms with E-state index in [1.54, 1.807) is 0 Å². The highest BCUT2D eigenvalue weighted by atomic mass is 32.2. The van der Waals surface area contributed by atoms with Crippen molar-refractivity contribution in [2.24, 2.45) is 0 Å². The molecule has 2 N–H and O–H groups in total. The minimum atomic E-state index is -0.735. The third-order valence-electron chi connectivity index (χ3n) is 3.14. The molecule has 4 heteroatoms. The van der Waals surface area contributed by atoms with Crippen molar-refractivity contribution < 1.29 is 9.90 Å². The highest BCUT2D eigenvalue weighted by molar-refractivity contribution is 8.01. The summed E-state index contributed by atoms with van der Waals surface area (Å²) in [6, 6.07) is 5.97. The van der Waals surface area contributed by atoms with Crippen LogP contribution in [-0.2, 0) is 4.79 Å². The molecule has 2 atom stereocenters. The molecule has 0 radical (unpaired) electrons. The Hall–Kier alpha value is -1.42.